The van der Waals surface area contributed by atoms with Crippen molar-refractivity contribution >= 4 is 0 Å². The Balaban J connectivity index is 1.60. The minimum Gasteiger partial charge on any atom is -0.261 e. The summed E-state index contributed by atoms with van der Waals surface area (Å²) < 4.78 is 0. The highest BCUT2D eigenvalue weighted by molar-refractivity contribution is 5.29. The molecule has 0 unspecified atom stereocenters. The van der Waals surface area contributed by atoms with E-state index in [1.54, 1.807) is 6.20 Å². The highest BCUT2D eigenvalue weighted by Crippen LogP contribution is 2.60. The van der Waals surface area contributed by atoms with Crippen molar-refractivity contribution in [3.63, 3.8) is 0 Å². The van der Waals surface area contributed by atoms with Crippen molar-refractivity contribution in [3.8, 4) is 6.07 Å². The zero-order valence-electron chi connectivity index (χ0n) is 11.3. The van der Waals surface area contributed by atoms with Crippen LogP contribution < -0.4 is 0 Å². The molecule has 0 amide bonds. The average molecular weight is 252 g/mol. The predicted molar refractivity (Wildman–Crippen MR) is 73.3 cm³/mol. The van der Waals surface area contributed by atoms with Crippen molar-refractivity contribution in [2.75, 3.05) is 0 Å². The van der Waals surface area contributed by atoms with Crippen molar-refractivity contribution in [2.24, 2.45) is 23.2 Å². The second-order valence-corrected chi connectivity index (χ2v) is 7.24. The Bertz CT molecular complexity index is 505. The van der Waals surface area contributed by atoms with E-state index < -0.39 is 0 Å². The third kappa shape index (κ3) is 1.96. The maximum atomic E-state index is 9.01. The van der Waals surface area contributed by atoms with E-state index in [-0.39, 0.29) is 0 Å². The van der Waals surface area contributed by atoms with Crippen molar-refractivity contribution < 1.29 is 0 Å². The van der Waals surface area contributed by atoms with Gasteiger partial charge in [-0.1, -0.05) is 0 Å². The molecule has 0 aromatic carbocycles. The maximum absolute atomic E-state index is 9.01. The zero-order chi connectivity index (χ0) is 12.9. The summed E-state index contributed by atoms with van der Waals surface area (Å²) in [5, 5.41) is 9.01. The lowest BCUT2D eigenvalue weighted by Crippen LogP contribution is -2.47. The molecule has 0 spiro atoms. The third-order valence-corrected chi connectivity index (χ3v) is 5.67. The van der Waals surface area contributed by atoms with E-state index in [2.05, 4.69) is 11.1 Å². The summed E-state index contributed by atoms with van der Waals surface area (Å²) in [5.41, 5.74) is 2.42. The van der Waals surface area contributed by atoms with Gasteiger partial charge in [0.15, 0.2) is 0 Å². The van der Waals surface area contributed by atoms with Gasteiger partial charge in [-0.05, 0) is 80.2 Å². The van der Waals surface area contributed by atoms with Crippen LogP contribution in [0, 0.1) is 34.5 Å². The van der Waals surface area contributed by atoms with Crippen LogP contribution in [-0.4, -0.2) is 4.98 Å². The van der Waals surface area contributed by atoms with Crippen LogP contribution in [0.3, 0.4) is 0 Å². The van der Waals surface area contributed by atoms with Gasteiger partial charge in [0, 0.05) is 11.9 Å². The normalized spacial score (nSPS) is 39.2. The monoisotopic (exact) mass is 252 g/mol. The van der Waals surface area contributed by atoms with E-state index in [1.807, 2.05) is 12.1 Å². The number of pyridine rings is 1. The molecule has 4 fully saturated rings. The molecule has 0 aliphatic heterocycles. The molecule has 4 aliphatic rings. The summed E-state index contributed by atoms with van der Waals surface area (Å²) in [4.78, 5) is 4.51. The Labute approximate surface area is 114 Å². The van der Waals surface area contributed by atoms with E-state index in [1.165, 1.54) is 38.5 Å². The topological polar surface area (TPSA) is 36.7 Å². The Hall–Kier alpha value is -1.36. The van der Waals surface area contributed by atoms with Crippen LogP contribution in [0.15, 0.2) is 18.3 Å². The van der Waals surface area contributed by atoms with Crippen LogP contribution in [0.25, 0.3) is 0 Å². The van der Waals surface area contributed by atoms with Gasteiger partial charge in [0.05, 0.1) is 11.6 Å². The molecule has 2 nitrogen and oxygen atoms in total. The second kappa shape index (κ2) is 4.07. The fraction of sp³-hybridized carbons (Fsp3) is 0.647. The first-order valence-corrected chi connectivity index (χ1v) is 7.60. The van der Waals surface area contributed by atoms with Crippen molar-refractivity contribution in [1.29, 1.82) is 5.26 Å². The van der Waals surface area contributed by atoms with Crippen molar-refractivity contribution in [1.82, 2.24) is 4.98 Å². The molecule has 0 radical (unpaired) electrons. The molecule has 1 aromatic rings. The van der Waals surface area contributed by atoms with Gasteiger partial charge in [0.1, 0.15) is 0 Å². The number of rotatable bonds is 2. The van der Waals surface area contributed by atoms with Gasteiger partial charge in [-0.2, -0.15) is 5.26 Å². The largest absolute Gasteiger partial charge is 0.261 e. The maximum Gasteiger partial charge on any atom is 0.0992 e. The molecule has 98 valence electrons. The van der Waals surface area contributed by atoms with Crippen LogP contribution in [0.4, 0.5) is 0 Å². The third-order valence-electron chi connectivity index (χ3n) is 5.67. The Morgan fingerprint density at radius 1 is 1.16 bits per heavy atom. The predicted octanol–water partition coefficient (Wildman–Crippen LogP) is 3.71. The molecule has 2 heteroatoms. The molecule has 1 aromatic heterocycles. The minimum absolute atomic E-state index is 0.524. The van der Waals surface area contributed by atoms with Gasteiger partial charge in [-0.15, -0.1) is 0 Å². The molecule has 5 rings (SSSR count). The minimum atomic E-state index is 0.524. The fourth-order valence-electron chi connectivity index (χ4n) is 5.54. The van der Waals surface area contributed by atoms with Crippen LogP contribution in [-0.2, 0) is 6.42 Å². The molecule has 4 aliphatic carbocycles. The van der Waals surface area contributed by atoms with Crippen molar-refractivity contribution in [3.05, 3.63) is 29.6 Å². The number of hydrogen-bond donors (Lipinski definition) is 0. The Morgan fingerprint density at radius 3 is 2.37 bits per heavy atom. The van der Waals surface area contributed by atoms with E-state index in [4.69, 9.17) is 5.26 Å². The first-order valence-electron chi connectivity index (χ1n) is 7.60. The molecule has 1 heterocycles. The lowest BCUT2D eigenvalue weighted by molar-refractivity contribution is -0.0526. The number of hydrogen-bond acceptors (Lipinski definition) is 2. The smallest absolute Gasteiger partial charge is 0.0992 e. The number of nitrogens with zero attached hydrogens (tertiary/aromatic N) is 2. The summed E-state index contributed by atoms with van der Waals surface area (Å²) in [6.45, 7) is 0. The summed E-state index contributed by atoms with van der Waals surface area (Å²) in [7, 11) is 0. The Kier molecular flexibility index (Phi) is 2.45. The summed E-state index contributed by atoms with van der Waals surface area (Å²) in [5.74, 6) is 2.97. The summed E-state index contributed by atoms with van der Waals surface area (Å²) in [6.07, 6.45) is 11.6. The standard InChI is InChI=1S/C17H20N2/c18-11-12-1-2-19-16(6-12)10-17-7-13-3-14(8-17)5-15(4-13)9-17/h1-2,6,13-15H,3-5,7-10H2. The SMILES string of the molecule is N#Cc1ccnc(CC23CC4CC(CC(C4)C2)C3)c1. The zero-order valence-corrected chi connectivity index (χ0v) is 11.3. The van der Waals surface area contributed by atoms with E-state index in [0.29, 0.717) is 5.41 Å². The number of nitriles is 1. The van der Waals surface area contributed by atoms with Gasteiger partial charge < -0.3 is 0 Å². The van der Waals surface area contributed by atoms with E-state index >= 15 is 0 Å². The average Bonchev–Trinajstić information content (AvgIpc) is 2.36. The lowest BCUT2D eigenvalue weighted by Gasteiger charge is -2.57. The van der Waals surface area contributed by atoms with Crippen LogP contribution in [0.5, 0.6) is 0 Å². The lowest BCUT2D eigenvalue weighted by atomic mass is 9.48. The van der Waals surface area contributed by atoms with Crippen molar-refractivity contribution in [2.45, 2.75) is 44.9 Å². The summed E-state index contributed by atoms with van der Waals surface area (Å²) >= 11 is 0. The quantitative estimate of drug-likeness (QED) is 0.804. The van der Waals surface area contributed by atoms with E-state index in [0.717, 1.165) is 35.4 Å². The number of aromatic nitrogens is 1. The van der Waals surface area contributed by atoms with E-state index in [9.17, 15) is 0 Å². The van der Waals surface area contributed by atoms with Gasteiger partial charge >= 0.3 is 0 Å². The first-order chi connectivity index (χ1) is 9.25. The molecule has 4 bridgehead atoms. The highest BCUT2D eigenvalue weighted by atomic mass is 14.7. The van der Waals surface area contributed by atoms with Gasteiger partial charge in [0.2, 0.25) is 0 Å². The summed E-state index contributed by atoms with van der Waals surface area (Å²) in [6, 6.07) is 6.04. The van der Waals surface area contributed by atoms with Gasteiger partial charge in [-0.3, -0.25) is 4.98 Å². The molecule has 4 saturated carbocycles. The molecule has 0 N–H and O–H groups in total. The first kappa shape index (κ1) is 11.5. The fourth-order valence-corrected chi connectivity index (χ4v) is 5.54. The van der Waals surface area contributed by atoms with Gasteiger partial charge in [-0.25, -0.2) is 0 Å². The molecular formula is C17H20N2. The van der Waals surface area contributed by atoms with Gasteiger partial charge in [0.25, 0.3) is 0 Å². The molecular weight excluding hydrogens is 232 g/mol. The molecule has 0 atom stereocenters. The molecule has 0 saturated heterocycles. The van der Waals surface area contributed by atoms with Crippen LogP contribution in [0.2, 0.25) is 0 Å². The Morgan fingerprint density at radius 2 is 1.79 bits per heavy atom. The molecule has 19 heavy (non-hydrogen) atoms. The van der Waals surface area contributed by atoms with Crippen LogP contribution in [0.1, 0.15) is 49.8 Å². The van der Waals surface area contributed by atoms with Crippen LogP contribution >= 0.6 is 0 Å². The second-order valence-electron chi connectivity index (χ2n) is 7.24. The highest BCUT2D eigenvalue weighted by Gasteiger charge is 2.50.